The fraction of sp³-hybridized carbons (Fsp3) is 0.312. The van der Waals surface area contributed by atoms with E-state index in [2.05, 4.69) is 34.2 Å². The Balaban J connectivity index is 1.64. The number of hydrogen-bond donors (Lipinski definition) is 2. The average Bonchev–Trinajstić information content (AvgIpc) is 3.01. The standard InChI is InChI=1S/C16H18N2OS/c1-11(14-6-7-20-10-14)18-16(19)15-8-12-4-2-3-5-13(12)9-17-15/h2-7,10-11,15,17H,8-9H2,1H3,(H,18,19)/t11?,15-/m1/s1. The van der Waals surface area contributed by atoms with Crippen LogP contribution >= 0.6 is 11.3 Å². The van der Waals surface area contributed by atoms with Crippen LogP contribution in [0.2, 0.25) is 0 Å². The van der Waals surface area contributed by atoms with Gasteiger partial charge in [0.2, 0.25) is 5.91 Å². The second-order valence-electron chi connectivity index (χ2n) is 5.19. The smallest absolute Gasteiger partial charge is 0.237 e. The molecule has 0 aliphatic carbocycles. The van der Waals surface area contributed by atoms with Crippen molar-refractivity contribution in [1.82, 2.24) is 10.6 Å². The zero-order valence-corrected chi connectivity index (χ0v) is 12.2. The molecular formula is C16H18N2OS. The van der Waals surface area contributed by atoms with Crippen molar-refractivity contribution in [3.63, 3.8) is 0 Å². The molecule has 2 atom stereocenters. The molecule has 1 amide bonds. The molecule has 2 heterocycles. The lowest BCUT2D eigenvalue weighted by Crippen LogP contribution is -2.48. The predicted octanol–water partition coefficient (Wildman–Crippen LogP) is 2.64. The first-order valence-corrected chi connectivity index (χ1v) is 7.81. The molecule has 1 aromatic heterocycles. The minimum Gasteiger partial charge on any atom is -0.348 e. The molecule has 0 fully saturated rings. The summed E-state index contributed by atoms with van der Waals surface area (Å²) in [5.74, 6) is 0.0817. The first-order chi connectivity index (χ1) is 9.74. The van der Waals surface area contributed by atoms with Crippen molar-refractivity contribution >= 4 is 17.2 Å². The number of rotatable bonds is 3. The first kappa shape index (κ1) is 13.3. The van der Waals surface area contributed by atoms with E-state index in [1.165, 1.54) is 16.7 Å². The van der Waals surface area contributed by atoms with Crippen LogP contribution in [0.1, 0.15) is 29.7 Å². The van der Waals surface area contributed by atoms with E-state index in [-0.39, 0.29) is 18.0 Å². The SMILES string of the molecule is CC(NC(=O)[C@H]1Cc2ccccc2CN1)c1ccsc1. The van der Waals surface area contributed by atoms with Gasteiger partial charge in [0.15, 0.2) is 0 Å². The fourth-order valence-electron chi connectivity index (χ4n) is 2.56. The largest absolute Gasteiger partial charge is 0.348 e. The molecule has 0 bridgehead atoms. The van der Waals surface area contributed by atoms with Gasteiger partial charge < -0.3 is 10.6 Å². The normalized spacial score (nSPS) is 19.1. The highest BCUT2D eigenvalue weighted by Gasteiger charge is 2.24. The second kappa shape index (κ2) is 5.77. The van der Waals surface area contributed by atoms with Gasteiger partial charge in [0.1, 0.15) is 0 Å². The lowest BCUT2D eigenvalue weighted by molar-refractivity contribution is -0.124. The minimum atomic E-state index is -0.133. The van der Waals surface area contributed by atoms with Crippen LogP contribution < -0.4 is 10.6 Å². The molecule has 0 spiro atoms. The van der Waals surface area contributed by atoms with Gasteiger partial charge >= 0.3 is 0 Å². The van der Waals surface area contributed by atoms with E-state index in [1.54, 1.807) is 11.3 Å². The Labute approximate surface area is 123 Å². The predicted molar refractivity (Wildman–Crippen MR) is 81.7 cm³/mol. The summed E-state index contributed by atoms with van der Waals surface area (Å²) < 4.78 is 0. The molecule has 3 rings (SSSR count). The van der Waals surface area contributed by atoms with Crippen molar-refractivity contribution in [2.24, 2.45) is 0 Å². The van der Waals surface area contributed by atoms with Crippen LogP contribution in [0.15, 0.2) is 41.1 Å². The quantitative estimate of drug-likeness (QED) is 0.910. The van der Waals surface area contributed by atoms with E-state index in [4.69, 9.17) is 0 Å². The molecule has 0 saturated carbocycles. The summed E-state index contributed by atoms with van der Waals surface area (Å²) in [5, 5.41) is 10.5. The number of fused-ring (bicyclic) bond motifs is 1. The van der Waals surface area contributed by atoms with Gasteiger partial charge in [-0.15, -0.1) is 0 Å². The molecule has 2 aromatic rings. The van der Waals surface area contributed by atoms with E-state index in [9.17, 15) is 4.79 Å². The highest BCUT2D eigenvalue weighted by Crippen LogP contribution is 2.18. The monoisotopic (exact) mass is 286 g/mol. The van der Waals surface area contributed by atoms with Crippen molar-refractivity contribution in [1.29, 1.82) is 0 Å². The van der Waals surface area contributed by atoms with Gasteiger partial charge in [-0.05, 0) is 46.9 Å². The maximum absolute atomic E-state index is 12.3. The van der Waals surface area contributed by atoms with Gasteiger partial charge in [0.25, 0.3) is 0 Å². The van der Waals surface area contributed by atoms with Crippen molar-refractivity contribution in [2.45, 2.75) is 32.0 Å². The molecule has 4 heteroatoms. The lowest BCUT2D eigenvalue weighted by Gasteiger charge is -2.26. The second-order valence-corrected chi connectivity index (χ2v) is 5.97. The molecule has 0 saturated heterocycles. The highest BCUT2D eigenvalue weighted by atomic mass is 32.1. The molecule has 20 heavy (non-hydrogen) atoms. The van der Waals surface area contributed by atoms with Crippen LogP contribution in [0.4, 0.5) is 0 Å². The highest BCUT2D eigenvalue weighted by molar-refractivity contribution is 7.07. The third kappa shape index (κ3) is 2.76. The summed E-state index contributed by atoms with van der Waals surface area (Å²) in [4.78, 5) is 12.3. The van der Waals surface area contributed by atoms with Gasteiger partial charge in [-0.25, -0.2) is 0 Å². The zero-order chi connectivity index (χ0) is 13.9. The van der Waals surface area contributed by atoms with Crippen LogP contribution in [0, 0.1) is 0 Å². The first-order valence-electron chi connectivity index (χ1n) is 6.86. The van der Waals surface area contributed by atoms with Gasteiger partial charge in [-0.3, -0.25) is 4.79 Å². The third-order valence-electron chi connectivity index (χ3n) is 3.80. The Morgan fingerprint density at radius 2 is 2.15 bits per heavy atom. The number of amides is 1. The zero-order valence-electron chi connectivity index (χ0n) is 11.4. The summed E-state index contributed by atoms with van der Waals surface area (Å²) in [6, 6.07) is 10.3. The molecule has 104 valence electrons. The number of carbonyl (C=O) groups is 1. The van der Waals surface area contributed by atoms with Crippen molar-refractivity contribution < 1.29 is 4.79 Å². The summed E-state index contributed by atoms with van der Waals surface area (Å²) in [6.45, 7) is 2.79. The number of nitrogens with one attached hydrogen (secondary N) is 2. The summed E-state index contributed by atoms with van der Waals surface area (Å²) >= 11 is 1.65. The molecule has 0 radical (unpaired) electrons. The Hall–Kier alpha value is -1.65. The Morgan fingerprint density at radius 3 is 2.90 bits per heavy atom. The van der Waals surface area contributed by atoms with Crippen LogP contribution in [-0.4, -0.2) is 11.9 Å². The molecular weight excluding hydrogens is 268 g/mol. The van der Waals surface area contributed by atoms with E-state index in [0.717, 1.165) is 13.0 Å². The number of thiophene rings is 1. The van der Waals surface area contributed by atoms with Gasteiger partial charge in [-0.1, -0.05) is 24.3 Å². The molecule has 1 aromatic carbocycles. The molecule has 1 aliphatic heterocycles. The van der Waals surface area contributed by atoms with Gasteiger partial charge in [0.05, 0.1) is 12.1 Å². The maximum atomic E-state index is 12.3. The Bertz CT molecular complexity index is 594. The summed E-state index contributed by atoms with van der Waals surface area (Å²) in [7, 11) is 0. The van der Waals surface area contributed by atoms with Crippen LogP contribution in [-0.2, 0) is 17.8 Å². The molecule has 3 nitrogen and oxygen atoms in total. The molecule has 1 unspecified atom stereocenters. The minimum absolute atomic E-state index is 0.0627. The van der Waals surface area contributed by atoms with E-state index in [0.29, 0.717) is 0 Å². The van der Waals surface area contributed by atoms with Gasteiger partial charge in [0, 0.05) is 6.54 Å². The summed E-state index contributed by atoms with van der Waals surface area (Å²) in [5.41, 5.74) is 3.73. The van der Waals surface area contributed by atoms with Crippen LogP contribution in [0.25, 0.3) is 0 Å². The van der Waals surface area contributed by atoms with Crippen molar-refractivity contribution in [3.05, 3.63) is 57.8 Å². The van der Waals surface area contributed by atoms with Gasteiger partial charge in [-0.2, -0.15) is 11.3 Å². The Morgan fingerprint density at radius 1 is 1.35 bits per heavy atom. The number of carbonyl (C=O) groups excluding carboxylic acids is 1. The van der Waals surface area contributed by atoms with Crippen LogP contribution in [0.5, 0.6) is 0 Å². The average molecular weight is 286 g/mol. The Kier molecular flexibility index (Phi) is 3.85. The number of benzene rings is 1. The van der Waals surface area contributed by atoms with Crippen LogP contribution in [0.3, 0.4) is 0 Å². The summed E-state index contributed by atoms with van der Waals surface area (Å²) in [6.07, 6.45) is 0.762. The fourth-order valence-corrected chi connectivity index (χ4v) is 3.31. The van der Waals surface area contributed by atoms with Crippen molar-refractivity contribution in [3.8, 4) is 0 Å². The topological polar surface area (TPSA) is 41.1 Å². The van der Waals surface area contributed by atoms with E-state index in [1.807, 2.05) is 24.4 Å². The van der Waals surface area contributed by atoms with E-state index < -0.39 is 0 Å². The maximum Gasteiger partial charge on any atom is 0.237 e. The van der Waals surface area contributed by atoms with Crippen molar-refractivity contribution in [2.75, 3.05) is 0 Å². The lowest BCUT2D eigenvalue weighted by atomic mass is 9.95. The number of hydrogen-bond acceptors (Lipinski definition) is 3. The molecule has 2 N–H and O–H groups in total. The van der Waals surface area contributed by atoms with E-state index >= 15 is 0 Å². The third-order valence-corrected chi connectivity index (χ3v) is 4.50. The molecule has 1 aliphatic rings.